The Balaban J connectivity index is 1.90. The smallest absolute Gasteiger partial charge is 0.382 e. The van der Waals surface area contributed by atoms with Crippen LogP contribution in [0.25, 0.3) is 10.2 Å². The fourth-order valence-electron chi connectivity index (χ4n) is 2.35. The summed E-state index contributed by atoms with van der Waals surface area (Å²) >= 11 is 1.42. The average molecular weight is 352 g/mol. The van der Waals surface area contributed by atoms with E-state index >= 15 is 0 Å². The molecule has 0 aliphatic carbocycles. The maximum absolute atomic E-state index is 12.6. The summed E-state index contributed by atoms with van der Waals surface area (Å²) in [5.74, 6) is 0. The second-order valence-electron chi connectivity index (χ2n) is 5.33. The molecule has 0 aliphatic rings. The van der Waals surface area contributed by atoms with Gasteiger partial charge in [0.05, 0.1) is 16.3 Å². The Morgan fingerprint density at radius 1 is 1.04 bits per heavy atom. The molecule has 0 aliphatic heterocycles. The third-order valence-corrected chi connectivity index (χ3v) is 4.68. The fourth-order valence-corrected chi connectivity index (χ4v) is 3.42. The van der Waals surface area contributed by atoms with Crippen molar-refractivity contribution >= 4 is 21.6 Å². The standard InChI is InChI=1S/C17H15F3N2OS/c18-17(19,20)14(23)10-21-15(11-6-2-1-3-7-11)16-22-12-8-4-5-9-13(12)24-16/h1-9,14-15,21,23H,10H2. The number of hydrogen-bond acceptors (Lipinski definition) is 4. The van der Waals surface area contributed by atoms with E-state index in [1.165, 1.54) is 11.3 Å². The lowest BCUT2D eigenvalue weighted by Crippen LogP contribution is -2.40. The number of fused-ring (bicyclic) bond motifs is 1. The Morgan fingerprint density at radius 3 is 2.38 bits per heavy atom. The topological polar surface area (TPSA) is 45.1 Å². The maximum atomic E-state index is 12.6. The molecular weight excluding hydrogens is 337 g/mol. The van der Waals surface area contributed by atoms with Crippen molar-refractivity contribution < 1.29 is 18.3 Å². The van der Waals surface area contributed by atoms with E-state index < -0.39 is 24.9 Å². The molecule has 0 radical (unpaired) electrons. The van der Waals surface area contributed by atoms with Crippen molar-refractivity contribution in [3.63, 3.8) is 0 Å². The van der Waals surface area contributed by atoms with Gasteiger partial charge in [-0.15, -0.1) is 11.3 Å². The summed E-state index contributed by atoms with van der Waals surface area (Å²) in [5.41, 5.74) is 1.60. The van der Waals surface area contributed by atoms with Crippen LogP contribution >= 0.6 is 11.3 Å². The van der Waals surface area contributed by atoms with E-state index in [0.29, 0.717) is 5.01 Å². The molecule has 2 atom stereocenters. The van der Waals surface area contributed by atoms with Gasteiger partial charge in [-0.2, -0.15) is 13.2 Å². The molecule has 0 amide bonds. The lowest BCUT2D eigenvalue weighted by molar-refractivity contribution is -0.202. The van der Waals surface area contributed by atoms with Crippen molar-refractivity contribution in [3.05, 3.63) is 65.2 Å². The highest BCUT2D eigenvalue weighted by molar-refractivity contribution is 7.18. The van der Waals surface area contributed by atoms with Crippen molar-refractivity contribution in [2.45, 2.75) is 18.3 Å². The lowest BCUT2D eigenvalue weighted by atomic mass is 10.1. The van der Waals surface area contributed by atoms with Gasteiger partial charge in [0.15, 0.2) is 6.10 Å². The van der Waals surface area contributed by atoms with E-state index in [4.69, 9.17) is 0 Å². The van der Waals surface area contributed by atoms with Crippen molar-refractivity contribution in [1.29, 1.82) is 0 Å². The molecule has 126 valence electrons. The molecule has 3 nitrogen and oxygen atoms in total. The fraction of sp³-hybridized carbons (Fsp3) is 0.235. The van der Waals surface area contributed by atoms with Crippen molar-refractivity contribution in [1.82, 2.24) is 10.3 Å². The summed E-state index contributed by atoms with van der Waals surface area (Å²) < 4.78 is 38.7. The second-order valence-corrected chi connectivity index (χ2v) is 6.39. The number of rotatable bonds is 5. The van der Waals surface area contributed by atoms with Crippen LogP contribution in [-0.2, 0) is 0 Å². The number of nitrogens with zero attached hydrogens (tertiary/aromatic N) is 1. The predicted octanol–water partition coefficient (Wildman–Crippen LogP) is 3.90. The predicted molar refractivity (Wildman–Crippen MR) is 88.0 cm³/mol. The molecule has 0 bridgehead atoms. The number of benzene rings is 2. The molecule has 2 aromatic carbocycles. The Bertz CT molecular complexity index is 771. The van der Waals surface area contributed by atoms with E-state index in [1.54, 1.807) is 0 Å². The molecule has 3 rings (SSSR count). The van der Waals surface area contributed by atoms with E-state index in [0.717, 1.165) is 15.8 Å². The Kier molecular flexibility index (Phi) is 4.84. The van der Waals surface area contributed by atoms with Crippen LogP contribution in [0.3, 0.4) is 0 Å². The zero-order chi connectivity index (χ0) is 17.2. The number of alkyl halides is 3. The number of hydrogen-bond donors (Lipinski definition) is 2. The number of halogens is 3. The number of thiazole rings is 1. The molecule has 0 fully saturated rings. The van der Waals surface area contributed by atoms with Crippen LogP contribution in [0.2, 0.25) is 0 Å². The maximum Gasteiger partial charge on any atom is 0.415 e. The van der Waals surface area contributed by atoms with E-state index in [2.05, 4.69) is 10.3 Å². The molecule has 2 N–H and O–H groups in total. The van der Waals surface area contributed by atoms with Gasteiger partial charge >= 0.3 is 6.18 Å². The number of aliphatic hydroxyl groups is 1. The minimum atomic E-state index is -4.65. The van der Waals surface area contributed by atoms with Gasteiger partial charge in [0.1, 0.15) is 5.01 Å². The van der Waals surface area contributed by atoms with Gasteiger partial charge in [-0.25, -0.2) is 4.98 Å². The zero-order valence-corrected chi connectivity index (χ0v) is 13.3. The number of para-hydroxylation sites is 1. The van der Waals surface area contributed by atoms with Gasteiger partial charge < -0.3 is 10.4 Å². The third-order valence-electron chi connectivity index (χ3n) is 3.58. The zero-order valence-electron chi connectivity index (χ0n) is 12.5. The number of aliphatic hydroxyl groups excluding tert-OH is 1. The van der Waals surface area contributed by atoms with Gasteiger partial charge in [0, 0.05) is 6.54 Å². The van der Waals surface area contributed by atoms with Crippen LogP contribution in [0, 0.1) is 0 Å². The van der Waals surface area contributed by atoms with Crippen molar-refractivity contribution in [2.24, 2.45) is 0 Å². The van der Waals surface area contributed by atoms with Crippen LogP contribution in [0.5, 0.6) is 0 Å². The summed E-state index contributed by atoms with van der Waals surface area (Å²) in [5, 5.41) is 12.7. The quantitative estimate of drug-likeness (QED) is 0.732. The van der Waals surface area contributed by atoms with E-state index in [-0.39, 0.29) is 0 Å². The summed E-state index contributed by atoms with van der Waals surface area (Å²) in [4.78, 5) is 4.52. The summed E-state index contributed by atoms with van der Waals surface area (Å²) in [7, 11) is 0. The molecule has 0 spiro atoms. The third kappa shape index (κ3) is 3.75. The van der Waals surface area contributed by atoms with Crippen LogP contribution in [0.4, 0.5) is 13.2 Å². The monoisotopic (exact) mass is 352 g/mol. The van der Waals surface area contributed by atoms with Crippen molar-refractivity contribution in [2.75, 3.05) is 6.54 Å². The Hall–Kier alpha value is -1.96. The highest BCUT2D eigenvalue weighted by Gasteiger charge is 2.38. The summed E-state index contributed by atoms with van der Waals surface area (Å²) in [6, 6.07) is 16.1. The molecule has 1 heterocycles. The highest BCUT2D eigenvalue weighted by atomic mass is 32.1. The Labute approximate surface area is 140 Å². The van der Waals surface area contributed by atoms with Gasteiger partial charge in [0.25, 0.3) is 0 Å². The first kappa shape index (κ1) is 16.9. The molecule has 3 aromatic rings. The molecule has 1 aromatic heterocycles. The highest BCUT2D eigenvalue weighted by Crippen LogP contribution is 2.30. The van der Waals surface area contributed by atoms with Gasteiger partial charge in [-0.3, -0.25) is 0 Å². The molecule has 2 unspecified atom stereocenters. The SMILES string of the molecule is OC(CNC(c1ccccc1)c1nc2ccccc2s1)C(F)(F)F. The van der Waals surface area contributed by atoms with Crippen LogP contribution in [-0.4, -0.2) is 28.9 Å². The Morgan fingerprint density at radius 2 is 1.71 bits per heavy atom. The summed E-state index contributed by atoms with van der Waals surface area (Å²) in [6.07, 6.45) is -7.07. The van der Waals surface area contributed by atoms with Crippen LogP contribution in [0.1, 0.15) is 16.6 Å². The van der Waals surface area contributed by atoms with Crippen LogP contribution in [0.15, 0.2) is 54.6 Å². The van der Waals surface area contributed by atoms with Gasteiger partial charge in [-0.05, 0) is 17.7 Å². The first-order chi connectivity index (χ1) is 11.4. The first-order valence-corrected chi connectivity index (χ1v) is 8.15. The normalized spacial score (nSPS) is 14.7. The van der Waals surface area contributed by atoms with E-state index in [1.807, 2.05) is 54.6 Å². The molecule has 0 saturated heterocycles. The van der Waals surface area contributed by atoms with Crippen LogP contribution < -0.4 is 5.32 Å². The van der Waals surface area contributed by atoms with E-state index in [9.17, 15) is 18.3 Å². The number of aromatic nitrogens is 1. The average Bonchev–Trinajstić information content (AvgIpc) is 2.98. The molecule has 7 heteroatoms. The second kappa shape index (κ2) is 6.88. The minimum Gasteiger partial charge on any atom is -0.382 e. The first-order valence-electron chi connectivity index (χ1n) is 7.34. The van der Waals surface area contributed by atoms with Gasteiger partial charge in [0.2, 0.25) is 0 Å². The molecular formula is C17H15F3N2OS. The minimum absolute atomic E-state index is 0.513. The largest absolute Gasteiger partial charge is 0.415 e. The summed E-state index contributed by atoms with van der Waals surface area (Å²) in [6.45, 7) is -0.598. The number of nitrogens with one attached hydrogen (secondary N) is 1. The molecule has 0 saturated carbocycles. The van der Waals surface area contributed by atoms with Crippen molar-refractivity contribution in [3.8, 4) is 0 Å². The molecule has 24 heavy (non-hydrogen) atoms. The lowest BCUT2D eigenvalue weighted by Gasteiger charge is -2.20. The van der Waals surface area contributed by atoms with Gasteiger partial charge in [-0.1, -0.05) is 42.5 Å².